The van der Waals surface area contributed by atoms with Gasteiger partial charge in [-0.3, -0.25) is 0 Å². The second-order valence-electron chi connectivity index (χ2n) is 3.37. The van der Waals surface area contributed by atoms with E-state index in [9.17, 15) is 9.90 Å². The number of nitrogens with zero attached hydrogens (tertiary/aromatic N) is 1. The Morgan fingerprint density at radius 2 is 2.31 bits per heavy atom. The number of unbranched alkanes of at least 4 members (excludes halogenated alkanes) is 3. The van der Waals surface area contributed by atoms with Crippen LogP contribution in [0.3, 0.4) is 0 Å². The van der Waals surface area contributed by atoms with Crippen LogP contribution in [0.15, 0.2) is 5.38 Å². The Hall–Kier alpha value is -0.880. The van der Waals surface area contributed by atoms with Crippen LogP contribution in [0.5, 0.6) is 5.88 Å². The Kier molecular flexibility index (Phi) is 5.48. The number of aromatic nitrogens is 1. The molecule has 0 atom stereocenters. The van der Waals surface area contributed by atoms with Gasteiger partial charge in [0.05, 0.1) is 12.0 Å². The maximum absolute atomic E-state index is 11.5. The van der Waals surface area contributed by atoms with Gasteiger partial charge >= 0.3 is 6.09 Å². The lowest BCUT2D eigenvalue weighted by atomic mass is 10.2. The zero-order valence-corrected chi connectivity index (χ0v) is 10.8. The van der Waals surface area contributed by atoms with Crippen molar-refractivity contribution >= 4 is 29.6 Å². The van der Waals surface area contributed by atoms with E-state index in [1.807, 2.05) is 0 Å². The molecule has 6 heteroatoms. The molecule has 1 rings (SSSR count). The van der Waals surface area contributed by atoms with Crippen LogP contribution in [-0.4, -0.2) is 22.4 Å². The first-order valence-corrected chi connectivity index (χ1v) is 6.52. The Morgan fingerprint density at radius 3 is 2.88 bits per heavy atom. The molecule has 0 aliphatic heterocycles. The number of hydrogen-bond acceptors (Lipinski definition) is 5. The second kappa shape index (κ2) is 6.65. The molecule has 1 heterocycles. The zero-order valence-electron chi connectivity index (χ0n) is 9.14. The summed E-state index contributed by atoms with van der Waals surface area (Å²) in [7, 11) is 0. The average Bonchev–Trinajstić information content (AvgIpc) is 2.58. The minimum Gasteiger partial charge on any atom is -0.493 e. The second-order valence-corrected chi connectivity index (χ2v) is 4.87. The van der Waals surface area contributed by atoms with Crippen LogP contribution in [-0.2, 0) is 4.74 Å². The highest BCUT2D eigenvalue weighted by atomic mass is 32.1. The third-order valence-corrected chi connectivity index (χ3v) is 3.27. The van der Waals surface area contributed by atoms with Gasteiger partial charge in [0, 0.05) is 0 Å². The van der Waals surface area contributed by atoms with Crippen LogP contribution in [0.1, 0.15) is 32.6 Å². The van der Waals surface area contributed by atoms with Crippen LogP contribution in [0, 0.1) is 3.95 Å². The third-order valence-electron chi connectivity index (χ3n) is 2.08. The van der Waals surface area contributed by atoms with Crippen molar-refractivity contribution in [3.05, 3.63) is 9.33 Å². The van der Waals surface area contributed by atoms with E-state index in [0.717, 1.165) is 41.6 Å². The lowest BCUT2D eigenvalue weighted by molar-refractivity contribution is 0.143. The summed E-state index contributed by atoms with van der Waals surface area (Å²) in [6.07, 6.45) is 3.58. The van der Waals surface area contributed by atoms with Gasteiger partial charge in [0.15, 0.2) is 3.95 Å². The molecule has 16 heavy (non-hydrogen) atoms. The molecule has 1 N–H and O–H groups in total. The summed E-state index contributed by atoms with van der Waals surface area (Å²) in [4.78, 5) is 11.5. The molecule has 0 aromatic carbocycles. The Morgan fingerprint density at radius 1 is 1.56 bits per heavy atom. The van der Waals surface area contributed by atoms with E-state index >= 15 is 0 Å². The van der Waals surface area contributed by atoms with E-state index in [2.05, 4.69) is 6.92 Å². The SMILES string of the molecule is CCCCCCOC(=O)n1c(O)csc1=S. The van der Waals surface area contributed by atoms with Gasteiger partial charge in [-0.1, -0.05) is 26.2 Å². The topological polar surface area (TPSA) is 51.5 Å². The number of ether oxygens (including phenoxy) is 1. The third kappa shape index (κ3) is 3.61. The molecule has 1 aromatic heterocycles. The van der Waals surface area contributed by atoms with E-state index in [4.69, 9.17) is 17.0 Å². The van der Waals surface area contributed by atoms with Gasteiger partial charge in [0.2, 0.25) is 5.88 Å². The highest BCUT2D eigenvalue weighted by molar-refractivity contribution is 7.73. The quantitative estimate of drug-likeness (QED) is 0.650. The van der Waals surface area contributed by atoms with Crippen molar-refractivity contribution in [2.75, 3.05) is 6.61 Å². The first kappa shape index (κ1) is 13.2. The maximum Gasteiger partial charge on any atom is 0.422 e. The summed E-state index contributed by atoms with van der Waals surface area (Å²) in [6.45, 7) is 2.49. The fourth-order valence-corrected chi connectivity index (χ4v) is 2.12. The molecule has 90 valence electrons. The van der Waals surface area contributed by atoms with E-state index in [0.29, 0.717) is 10.6 Å². The zero-order chi connectivity index (χ0) is 12.0. The molecular formula is C10H15NO3S2. The molecule has 0 radical (unpaired) electrons. The lowest BCUT2D eigenvalue weighted by Crippen LogP contribution is -2.13. The number of hydrogen-bond donors (Lipinski definition) is 1. The smallest absolute Gasteiger partial charge is 0.422 e. The van der Waals surface area contributed by atoms with Crippen molar-refractivity contribution in [3.8, 4) is 5.88 Å². The monoisotopic (exact) mass is 261 g/mol. The molecule has 0 bridgehead atoms. The fourth-order valence-electron chi connectivity index (χ4n) is 1.22. The summed E-state index contributed by atoms with van der Waals surface area (Å²) >= 11 is 6.02. The van der Waals surface area contributed by atoms with E-state index in [-0.39, 0.29) is 5.88 Å². The molecule has 0 aliphatic rings. The minimum absolute atomic E-state index is 0.159. The Labute approximate surface area is 103 Å². The molecular weight excluding hydrogens is 246 g/mol. The van der Waals surface area contributed by atoms with Crippen molar-refractivity contribution in [2.45, 2.75) is 32.6 Å². The van der Waals surface area contributed by atoms with Crippen molar-refractivity contribution in [2.24, 2.45) is 0 Å². The predicted molar refractivity (Wildman–Crippen MR) is 65.7 cm³/mol. The van der Waals surface area contributed by atoms with Crippen LogP contribution < -0.4 is 0 Å². The first-order chi connectivity index (χ1) is 7.66. The van der Waals surface area contributed by atoms with Gasteiger partial charge < -0.3 is 9.84 Å². The summed E-state index contributed by atoms with van der Waals surface area (Å²) in [5.41, 5.74) is 0. The molecule has 0 unspecified atom stereocenters. The molecule has 0 aliphatic carbocycles. The van der Waals surface area contributed by atoms with E-state index in [1.54, 1.807) is 0 Å². The van der Waals surface area contributed by atoms with Crippen LogP contribution in [0.2, 0.25) is 0 Å². The largest absolute Gasteiger partial charge is 0.493 e. The van der Waals surface area contributed by atoms with Crippen LogP contribution in [0.25, 0.3) is 0 Å². The normalized spacial score (nSPS) is 10.3. The van der Waals surface area contributed by atoms with Crippen LogP contribution in [0.4, 0.5) is 4.79 Å². The summed E-state index contributed by atoms with van der Waals surface area (Å²) in [5.74, 6) is -0.159. The number of rotatable bonds is 5. The van der Waals surface area contributed by atoms with Gasteiger partial charge in [0.25, 0.3) is 0 Å². The molecule has 0 saturated carbocycles. The molecule has 0 fully saturated rings. The first-order valence-electron chi connectivity index (χ1n) is 5.23. The van der Waals surface area contributed by atoms with Gasteiger partial charge in [-0.25, -0.2) is 4.79 Å². The van der Waals surface area contributed by atoms with Gasteiger partial charge in [0.1, 0.15) is 0 Å². The van der Waals surface area contributed by atoms with E-state index < -0.39 is 6.09 Å². The van der Waals surface area contributed by atoms with Gasteiger partial charge in [-0.2, -0.15) is 4.57 Å². The molecule has 0 amide bonds. The minimum atomic E-state index is -0.597. The summed E-state index contributed by atoms with van der Waals surface area (Å²) in [5, 5.41) is 10.8. The summed E-state index contributed by atoms with van der Waals surface area (Å²) < 4.78 is 6.30. The maximum atomic E-state index is 11.5. The van der Waals surface area contributed by atoms with Gasteiger partial charge in [-0.15, -0.1) is 11.3 Å². The number of thiazole rings is 1. The average molecular weight is 261 g/mol. The molecule has 0 saturated heterocycles. The lowest BCUT2D eigenvalue weighted by Gasteiger charge is -2.05. The highest BCUT2D eigenvalue weighted by Gasteiger charge is 2.12. The van der Waals surface area contributed by atoms with Crippen molar-refractivity contribution in [1.29, 1.82) is 0 Å². The Balaban J connectivity index is 2.39. The number of carbonyl (C=O) groups excluding carboxylic acids is 1. The Bertz CT molecular complexity index is 397. The number of carbonyl (C=O) groups is 1. The fraction of sp³-hybridized carbons (Fsp3) is 0.600. The van der Waals surface area contributed by atoms with Crippen LogP contribution >= 0.6 is 23.6 Å². The van der Waals surface area contributed by atoms with E-state index in [1.165, 1.54) is 5.38 Å². The number of aromatic hydroxyl groups is 1. The van der Waals surface area contributed by atoms with Crippen molar-refractivity contribution < 1.29 is 14.6 Å². The molecule has 4 nitrogen and oxygen atoms in total. The molecule has 1 aromatic rings. The van der Waals surface area contributed by atoms with Gasteiger partial charge in [-0.05, 0) is 18.6 Å². The summed E-state index contributed by atoms with van der Waals surface area (Å²) in [6, 6.07) is 0. The highest BCUT2D eigenvalue weighted by Crippen LogP contribution is 2.17. The molecule has 0 spiro atoms. The van der Waals surface area contributed by atoms with Crippen molar-refractivity contribution in [3.63, 3.8) is 0 Å². The van der Waals surface area contributed by atoms with Crippen molar-refractivity contribution in [1.82, 2.24) is 4.57 Å². The predicted octanol–water partition coefficient (Wildman–Crippen LogP) is 3.55. The standard InChI is InChI=1S/C10H15NO3S2/c1-2-3-4-5-6-14-9(13)11-8(12)7-16-10(11)15/h7,12H,2-6H2,1H3.